The molecule has 19 heavy (non-hydrogen) atoms. The van der Waals surface area contributed by atoms with E-state index in [1.165, 1.54) is 17.7 Å². The molecule has 0 aromatic heterocycles. The van der Waals surface area contributed by atoms with Crippen LogP contribution in [0.25, 0.3) is 0 Å². The van der Waals surface area contributed by atoms with Crippen LogP contribution in [0.15, 0.2) is 48.5 Å². The lowest BCUT2D eigenvalue weighted by atomic mass is 10.1. The van der Waals surface area contributed by atoms with Crippen molar-refractivity contribution < 1.29 is 9.13 Å². The molecular formula is C16H18FNO. The van der Waals surface area contributed by atoms with E-state index in [1.807, 2.05) is 30.3 Å². The third-order valence-electron chi connectivity index (χ3n) is 3.02. The van der Waals surface area contributed by atoms with Crippen LogP contribution >= 0.6 is 0 Å². The van der Waals surface area contributed by atoms with Crippen LogP contribution in [0.3, 0.4) is 0 Å². The van der Waals surface area contributed by atoms with Crippen LogP contribution in [0.4, 0.5) is 4.39 Å². The zero-order valence-electron chi connectivity index (χ0n) is 11.0. The fraction of sp³-hybridized carbons (Fsp3) is 0.250. The normalized spacial score (nSPS) is 12.2. The van der Waals surface area contributed by atoms with E-state index in [0.717, 1.165) is 17.7 Å². The number of nitrogens with two attached hydrogens (primary N) is 1. The highest BCUT2D eigenvalue weighted by atomic mass is 19.1. The van der Waals surface area contributed by atoms with Gasteiger partial charge in [0.1, 0.15) is 17.7 Å². The molecule has 0 aliphatic rings. The number of hydrogen-bond donors (Lipinski definition) is 1. The number of rotatable bonds is 5. The van der Waals surface area contributed by atoms with Gasteiger partial charge in [-0.1, -0.05) is 31.2 Å². The van der Waals surface area contributed by atoms with E-state index in [2.05, 4.69) is 6.92 Å². The van der Waals surface area contributed by atoms with Crippen molar-refractivity contribution in [2.24, 2.45) is 5.73 Å². The van der Waals surface area contributed by atoms with Gasteiger partial charge in [-0.2, -0.15) is 0 Å². The predicted octanol–water partition coefficient (Wildman–Crippen LogP) is 3.47. The van der Waals surface area contributed by atoms with Crippen LogP contribution in [0, 0.1) is 5.82 Å². The summed E-state index contributed by atoms with van der Waals surface area (Å²) in [7, 11) is 0. The van der Waals surface area contributed by atoms with E-state index in [-0.39, 0.29) is 11.9 Å². The van der Waals surface area contributed by atoms with Crippen molar-refractivity contribution >= 4 is 0 Å². The van der Waals surface area contributed by atoms with Gasteiger partial charge in [-0.15, -0.1) is 0 Å². The lowest BCUT2D eigenvalue weighted by Crippen LogP contribution is -2.18. The van der Waals surface area contributed by atoms with Crippen molar-refractivity contribution in [3.8, 4) is 5.75 Å². The molecule has 0 bridgehead atoms. The molecule has 2 aromatic carbocycles. The van der Waals surface area contributed by atoms with Gasteiger partial charge in [-0.25, -0.2) is 4.39 Å². The lowest BCUT2D eigenvalue weighted by molar-refractivity contribution is 0.213. The Morgan fingerprint density at radius 1 is 1.16 bits per heavy atom. The quantitative estimate of drug-likeness (QED) is 0.892. The summed E-state index contributed by atoms with van der Waals surface area (Å²) in [6.45, 7) is 2.39. The summed E-state index contributed by atoms with van der Waals surface area (Å²) in [5, 5.41) is 0. The second-order valence-corrected chi connectivity index (χ2v) is 4.40. The van der Waals surface area contributed by atoms with Crippen molar-refractivity contribution in [2.75, 3.05) is 6.54 Å². The van der Waals surface area contributed by atoms with Gasteiger partial charge in [0.2, 0.25) is 0 Å². The van der Waals surface area contributed by atoms with Crippen LogP contribution in [0.1, 0.15) is 24.2 Å². The van der Waals surface area contributed by atoms with Crippen molar-refractivity contribution in [2.45, 2.75) is 19.4 Å². The van der Waals surface area contributed by atoms with Crippen molar-refractivity contribution in [3.63, 3.8) is 0 Å². The van der Waals surface area contributed by atoms with Gasteiger partial charge in [-0.05, 0) is 41.8 Å². The molecule has 0 fully saturated rings. The molecule has 0 saturated heterocycles. The predicted molar refractivity (Wildman–Crippen MR) is 74.6 cm³/mol. The van der Waals surface area contributed by atoms with Gasteiger partial charge in [0.05, 0.1) is 0 Å². The Bertz CT molecular complexity index is 542. The Hall–Kier alpha value is -1.87. The fourth-order valence-corrected chi connectivity index (χ4v) is 1.96. The standard InChI is InChI=1S/C16H18FNO/c1-2-12-5-3-8-15(9-12)19-16(11-18)13-6-4-7-14(17)10-13/h3-10,16H,2,11,18H2,1H3. The molecule has 0 radical (unpaired) electrons. The van der Waals surface area contributed by atoms with E-state index in [4.69, 9.17) is 10.5 Å². The minimum Gasteiger partial charge on any atom is -0.484 e. The highest BCUT2D eigenvalue weighted by molar-refractivity contribution is 5.30. The van der Waals surface area contributed by atoms with Gasteiger partial charge >= 0.3 is 0 Å². The van der Waals surface area contributed by atoms with Crippen molar-refractivity contribution in [1.82, 2.24) is 0 Å². The van der Waals surface area contributed by atoms with E-state index >= 15 is 0 Å². The molecule has 0 aliphatic carbocycles. The lowest BCUT2D eigenvalue weighted by Gasteiger charge is -2.18. The molecule has 0 spiro atoms. The maximum absolute atomic E-state index is 13.2. The molecule has 2 rings (SSSR count). The zero-order chi connectivity index (χ0) is 13.7. The first kappa shape index (κ1) is 13.6. The zero-order valence-corrected chi connectivity index (χ0v) is 11.0. The molecule has 2 aromatic rings. The van der Waals surface area contributed by atoms with Crippen molar-refractivity contribution in [3.05, 3.63) is 65.5 Å². The molecule has 100 valence electrons. The molecule has 2 nitrogen and oxygen atoms in total. The molecule has 3 heteroatoms. The first-order chi connectivity index (χ1) is 9.22. The van der Waals surface area contributed by atoms with Crippen LogP contribution in [0.5, 0.6) is 5.75 Å². The van der Waals surface area contributed by atoms with Gasteiger partial charge in [-0.3, -0.25) is 0 Å². The van der Waals surface area contributed by atoms with Crippen LogP contribution in [-0.2, 0) is 6.42 Å². The van der Waals surface area contributed by atoms with Crippen LogP contribution in [-0.4, -0.2) is 6.54 Å². The molecule has 0 amide bonds. The second-order valence-electron chi connectivity index (χ2n) is 4.40. The number of aryl methyl sites for hydroxylation is 1. The van der Waals surface area contributed by atoms with Crippen LogP contribution < -0.4 is 10.5 Å². The van der Waals surface area contributed by atoms with Gasteiger partial charge in [0.25, 0.3) is 0 Å². The molecular weight excluding hydrogens is 241 g/mol. The summed E-state index contributed by atoms with van der Waals surface area (Å²) in [5.41, 5.74) is 7.68. The monoisotopic (exact) mass is 259 g/mol. The van der Waals surface area contributed by atoms with Gasteiger partial charge < -0.3 is 10.5 Å². The molecule has 0 aliphatic heterocycles. The highest BCUT2D eigenvalue weighted by Crippen LogP contribution is 2.22. The number of benzene rings is 2. The average Bonchev–Trinajstić information content (AvgIpc) is 2.45. The Kier molecular flexibility index (Phi) is 4.53. The average molecular weight is 259 g/mol. The maximum atomic E-state index is 13.2. The third kappa shape index (κ3) is 3.55. The SMILES string of the molecule is CCc1cccc(OC(CN)c2cccc(F)c2)c1. The van der Waals surface area contributed by atoms with Crippen LogP contribution in [0.2, 0.25) is 0 Å². The molecule has 1 unspecified atom stereocenters. The number of hydrogen-bond acceptors (Lipinski definition) is 2. The molecule has 0 saturated carbocycles. The second kappa shape index (κ2) is 6.34. The maximum Gasteiger partial charge on any atom is 0.136 e. The van der Waals surface area contributed by atoms with Gasteiger partial charge in [0, 0.05) is 6.54 Å². The summed E-state index contributed by atoms with van der Waals surface area (Å²) >= 11 is 0. The molecule has 0 heterocycles. The Balaban J connectivity index is 2.18. The smallest absolute Gasteiger partial charge is 0.136 e. The van der Waals surface area contributed by atoms with E-state index < -0.39 is 0 Å². The molecule has 1 atom stereocenters. The minimum atomic E-state index is -0.331. The minimum absolute atomic E-state index is 0.276. The Labute approximate surface area is 113 Å². The van der Waals surface area contributed by atoms with E-state index in [9.17, 15) is 4.39 Å². The summed E-state index contributed by atoms with van der Waals surface area (Å²) in [4.78, 5) is 0. The number of halogens is 1. The summed E-state index contributed by atoms with van der Waals surface area (Å²) < 4.78 is 19.1. The summed E-state index contributed by atoms with van der Waals surface area (Å²) in [6.07, 6.45) is 0.618. The summed E-state index contributed by atoms with van der Waals surface area (Å²) in [5.74, 6) is 0.487. The Morgan fingerprint density at radius 3 is 2.63 bits per heavy atom. The largest absolute Gasteiger partial charge is 0.484 e. The van der Waals surface area contributed by atoms with Gasteiger partial charge in [0.15, 0.2) is 0 Å². The number of ether oxygens (including phenoxy) is 1. The first-order valence-electron chi connectivity index (χ1n) is 6.44. The van der Waals surface area contributed by atoms with E-state index in [1.54, 1.807) is 6.07 Å². The third-order valence-corrected chi connectivity index (χ3v) is 3.02. The Morgan fingerprint density at radius 2 is 1.95 bits per heavy atom. The van der Waals surface area contributed by atoms with E-state index in [0.29, 0.717) is 6.54 Å². The molecule has 2 N–H and O–H groups in total. The summed E-state index contributed by atoms with van der Waals surface area (Å²) in [6, 6.07) is 14.2. The topological polar surface area (TPSA) is 35.2 Å². The van der Waals surface area contributed by atoms with Crippen molar-refractivity contribution in [1.29, 1.82) is 0 Å². The first-order valence-corrected chi connectivity index (χ1v) is 6.44. The fourth-order valence-electron chi connectivity index (χ4n) is 1.96. The highest BCUT2D eigenvalue weighted by Gasteiger charge is 2.12.